The molecule has 7 heteroatoms. The van der Waals surface area contributed by atoms with Crippen molar-refractivity contribution in [3.63, 3.8) is 0 Å². The molecule has 98 valence electrons. The Balaban J connectivity index is 2.12. The number of anilines is 1. The van der Waals surface area contributed by atoms with Gasteiger partial charge in [0, 0.05) is 10.9 Å². The molecule has 0 saturated heterocycles. The summed E-state index contributed by atoms with van der Waals surface area (Å²) in [6.07, 6.45) is 1.55. The van der Waals surface area contributed by atoms with Crippen molar-refractivity contribution in [1.82, 2.24) is 15.6 Å². The summed E-state index contributed by atoms with van der Waals surface area (Å²) in [5.74, 6) is 5.95. The van der Waals surface area contributed by atoms with E-state index in [1.165, 1.54) is 6.07 Å². The number of nitrogen functional groups attached to an aromatic ring is 1. The van der Waals surface area contributed by atoms with Crippen molar-refractivity contribution in [2.45, 2.75) is 6.04 Å². The number of benzene rings is 1. The lowest BCUT2D eigenvalue weighted by Gasteiger charge is -2.11. The van der Waals surface area contributed by atoms with Gasteiger partial charge in [0.25, 0.3) is 0 Å². The van der Waals surface area contributed by atoms with E-state index in [4.69, 9.17) is 16.0 Å². The maximum atomic E-state index is 13.6. The Morgan fingerprint density at radius 2 is 2.26 bits per heavy atom. The molecule has 0 saturated carbocycles. The van der Waals surface area contributed by atoms with Gasteiger partial charge >= 0.3 is 0 Å². The zero-order valence-corrected chi connectivity index (χ0v) is 9.85. The van der Waals surface area contributed by atoms with Crippen LogP contribution in [-0.4, -0.2) is 10.2 Å². The highest BCUT2D eigenvalue weighted by Gasteiger charge is 2.21. The number of rotatable bonds is 3. The zero-order chi connectivity index (χ0) is 13.4. The molecule has 3 aromatic rings. The minimum absolute atomic E-state index is 0.194. The third kappa shape index (κ3) is 1.85. The average Bonchev–Trinajstić information content (AvgIpc) is 2.99. The second-order valence-corrected chi connectivity index (χ2v) is 4.15. The van der Waals surface area contributed by atoms with Crippen LogP contribution in [0.3, 0.4) is 0 Å². The molecule has 0 radical (unpaired) electrons. The SMILES string of the molecule is NNC(c1cc2cccc(F)c2o1)c1cn[nH]c1N. The first kappa shape index (κ1) is 11.7. The van der Waals surface area contributed by atoms with Crippen molar-refractivity contribution >= 4 is 16.8 Å². The zero-order valence-electron chi connectivity index (χ0n) is 9.85. The van der Waals surface area contributed by atoms with Crippen LogP contribution in [0.15, 0.2) is 34.9 Å². The Morgan fingerprint density at radius 3 is 2.89 bits per heavy atom. The molecule has 0 aliphatic carbocycles. The molecule has 0 bridgehead atoms. The number of halogens is 1. The fourth-order valence-corrected chi connectivity index (χ4v) is 2.05. The molecule has 19 heavy (non-hydrogen) atoms. The smallest absolute Gasteiger partial charge is 0.169 e. The number of hydrogen-bond acceptors (Lipinski definition) is 5. The molecular formula is C12H12FN5O. The fraction of sp³-hybridized carbons (Fsp3) is 0.0833. The lowest BCUT2D eigenvalue weighted by atomic mass is 10.1. The number of H-pyrrole nitrogens is 1. The van der Waals surface area contributed by atoms with E-state index in [1.54, 1.807) is 24.4 Å². The molecule has 1 unspecified atom stereocenters. The maximum Gasteiger partial charge on any atom is 0.169 e. The van der Waals surface area contributed by atoms with E-state index >= 15 is 0 Å². The molecule has 3 rings (SSSR count). The number of hydrazine groups is 1. The summed E-state index contributed by atoms with van der Waals surface area (Å²) in [6.45, 7) is 0. The van der Waals surface area contributed by atoms with Crippen LogP contribution in [0.5, 0.6) is 0 Å². The second kappa shape index (κ2) is 4.38. The lowest BCUT2D eigenvalue weighted by Crippen LogP contribution is -2.28. The van der Waals surface area contributed by atoms with Crippen LogP contribution < -0.4 is 17.0 Å². The van der Waals surface area contributed by atoms with E-state index in [0.29, 0.717) is 22.5 Å². The van der Waals surface area contributed by atoms with Crippen LogP contribution in [0.4, 0.5) is 10.2 Å². The second-order valence-electron chi connectivity index (χ2n) is 4.15. The third-order valence-corrected chi connectivity index (χ3v) is 2.98. The van der Waals surface area contributed by atoms with E-state index in [0.717, 1.165) is 0 Å². The highest BCUT2D eigenvalue weighted by atomic mass is 19.1. The fourth-order valence-electron chi connectivity index (χ4n) is 2.05. The minimum atomic E-state index is -0.495. The van der Waals surface area contributed by atoms with Crippen LogP contribution in [0.2, 0.25) is 0 Å². The number of nitrogens with two attached hydrogens (primary N) is 2. The first-order valence-corrected chi connectivity index (χ1v) is 5.63. The molecule has 0 spiro atoms. The minimum Gasteiger partial charge on any atom is -0.456 e. The van der Waals surface area contributed by atoms with Gasteiger partial charge < -0.3 is 10.2 Å². The van der Waals surface area contributed by atoms with Gasteiger partial charge in [0.05, 0.1) is 6.20 Å². The summed E-state index contributed by atoms with van der Waals surface area (Å²) in [6, 6.07) is 5.94. The summed E-state index contributed by atoms with van der Waals surface area (Å²) in [5, 5.41) is 7.11. The molecule has 2 aromatic heterocycles. The van der Waals surface area contributed by atoms with Crippen LogP contribution in [0.1, 0.15) is 17.4 Å². The van der Waals surface area contributed by atoms with Crippen LogP contribution in [0, 0.1) is 5.82 Å². The van der Waals surface area contributed by atoms with Crippen LogP contribution in [0.25, 0.3) is 11.0 Å². The number of fused-ring (bicyclic) bond motifs is 1. The Kier molecular flexibility index (Phi) is 2.69. The van der Waals surface area contributed by atoms with E-state index in [9.17, 15) is 4.39 Å². The van der Waals surface area contributed by atoms with Gasteiger partial charge in [-0.3, -0.25) is 10.9 Å². The lowest BCUT2D eigenvalue weighted by molar-refractivity contribution is 0.465. The molecule has 1 aromatic carbocycles. The Bertz CT molecular complexity index is 720. The predicted molar refractivity (Wildman–Crippen MR) is 68.3 cm³/mol. The number of aromatic amines is 1. The quantitative estimate of drug-likeness (QED) is 0.421. The summed E-state index contributed by atoms with van der Waals surface area (Å²) in [5.41, 5.74) is 9.17. The summed E-state index contributed by atoms with van der Waals surface area (Å²) in [4.78, 5) is 0. The molecule has 2 heterocycles. The number of nitrogens with one attached hydrogen (secondary N) is 2. The summed E-state index contributed by atoms with van der Waals surface area (Å²) >= 11 is 0. The van der Waals surface area contributed by atoms with E-state index < -0.39 is 11.9 Å². The Morgan fingerprint density at radius 1 is 1.42 bits per heavy atom. The molecule has 0 fully saturated rings. The van der Waals surface area contributed by atoms with Crippen molar-refractivity contribution in [2.75, 3.05) is 5.73 Å². The number of nitrogens with zero attached hydrogens (tertiary/aromatic N) is 1. The molecule has 6 N–H and O–H groups in total. The van der Waals surface area contributed by atoms with Gasteiger partial charge in [-0.15, -0.1) is 0 Å². The van der Waals surface area contributed by atoms with Gasteiger partial charge in [0.15, 0.2) is 11.4 Å². The molecule has 0 aliphatic heterocycles. The van der Waals surface area contributed by atoms with Gasteiger partial charge in [-0.1, -0.05) is 12.1 Å². The van der Waals surface area contributed by atoms with Crippen LogP contribution >= 0.6 is 0 Å². The first-order chi connectivity index (χ1) is 9.20. The number of aromatic nitrogens is 2. The number of furan rings is 1. The van der Waals surface area contributed by atoms with E-state index in [1.807, 2.05) is 0 Å². The van der Waals surface area contributed by atoms with Crippen molar-refractivity contribution in [1.29, 1.82) is 0 Å². The first-order valence-electron chi connectivity index (χ1n) is 5.63. The highest BCUT2D eigenvalue weighted by Crippen LogP contribution is 2.30. The van der Waals surface area contributed by atoms with E-state index in [-0.39, 0.29) is 5.58 Å². The van der Waals surface area contributed by atoms with Gasteiger partial charge in [-0.2, -0.15) is 5.10 Å². The highest BCUT2D eigenvalue weighted by molar-refractivity contribution is 5.78. The predicted octanol–water partition coefficient (Wildman–Crippen LogP) is 1.43. The van der Waals surface area contributed by atoms with E-state index in [2.05, 4.69) is 15.6 Å². The largest absolute Gasteiger partial charge is 0.456 e. The summed E-state index contributed by atoms with van der Waals surface area (Å²) in [7, 11) is 0. The molecular weight excluding hydrogens is 249 g/mol. The molecule has 0 amide bonds. The van der Waals surface area contributed by atoms with Gasteiger partial charge in [-0.05, 0) is 12.1 Å². The summed E-state index contributed by atoms with van der Waals surface area (Å²) < 4.78 is 19.1. The normalized spacial score (nSPS) is 12.9. The Labute approximate surface area is 107 Å². The number of para-hydroxylation sites is 1. The molecule has 0 aliphatic rings. The maximum absolute atomic E-state index is 13.6. The monoisotopic (exact) mass is 261 g/mol. The third-order valence-electron chi connectivity index (χ3n) is 2.98. The van der Waals surface area contributed by atoms with Crippen molar-refractivity contribution in [3.05, 3.63) is 47.6 Å². The van der Waals surface area contributed by atoms with Crippen molar-refractivity contribution < 1.29 is 8.81 Å². The topological polar surface area (TPSA) is 106 Å². The van der Waals surface area contributed by atoms with Crippen molar-refractivity contribution in [3.8, 4) is 0 Å². The van der Waals surface area contributed by atoms with Crippen LogP contribution in [-0.2, 0) is 0 Å². The Hall–Kier alpha value is -2.38. The molecule has 6 nitrogen and oxygen atoms in total. The van der Waals surface area contributed by atoms with Gasteiger partial charge in [0.2, 0.25) is 0 Å². The molecule has 1 atom stereocenters. The van der Waals surface area contributed by atoms with Gasteiger partial charge in [0.1, 0.15) is 17.6 Å². The average molecular weight is 261 g/mol. The van der Waals surface area contributed by atoms with Gasteiger partial charge in [-0.25, -0.2) is 9.82 Å². The standard InChI is InChI=1S/C12H12FN5O/c13-8-3-1-2-6-4-9(19-11(6)8)10(17-15)7-5-16-18-12(7)14/h1-5,10,17H,15H2,(H3,14,16,18). The van der Waals surface area contributed by atoms with Crippen molar-refractivity contribution in [2.24, 2.45) is 5.84 Å². The number of hydrogen-bond donors (Lipinski definition) is 4.